The standard InChI is InChI=1S/C22H24ClN3O3S/c1-14(27)15-6-8-16(9-7-15)21(28)26(13-5-12-25(2)3)22-24-19-18(29-4)11-10-17(23)20(19)30-22/h6-11H,5,12-13H2,1-4H3. The molecule has 0 spiro atoms. The van der Waals surface area contributed by atoms with Crippen molar-refractivity contribution in [2.75, 3.05) is 39.2 Å². The summed E-state index contributed by atoms with van der Waals surface area (Å²) in [6.45, 7) is 2.84. The van der Waals surface area contributed by atoms with Gasteiger partial charge in [-0.2, -0.15) is 0 Å². The first-order chi connectivity index (χ1) is 14.3. The van der Waals surface area contributed by atoms with Crippen LogP contribution in [0.5, 0.6) is 5.75 Å². The molecule has 0 atom stereocenters. The topological polar surface area (TPSA) is 62.7 Å². The van der Waals surface area contributed by atoms with E-state index in [1.807, 2.05) is 14.1 Å². The maximum Gasteiger partial charge on any atom is 0.260 e. The Labute approximate surface area is 185 Å². The van der Waals surface area contributed by atoms with E-state index in [2.05, 4.69) is 9.88 Å². The number of thiazole rings is 1. The predicted molar refractivity (Wildman–Crippen MR) is 122 cm³/mol. The Morgan fingerprint density at radius 3 is 2.33 bits per heavy atom. The van der Waals surface area contributed by atoms with Gasteiger partial charge in [0.1, 0.15) is 11.3 Å². The van der Waals surface area contributed by atoms with E-state index in [4.69, 9.17) is 16.3 Å². The summed E-state index contributed by atoms with van der Waals surface area (Å²) in [5.41, 5.74) is 1.71. The summed E-state index contributed by atoms with van der Waals surface area (Å²) in [6.07, 6.45) is 0.783. The zero-order chi connectivity index (χ0) is 21.8. The summed E-state index contributed by atoms with van der Waals surface area (Å²) in [5, 5.41) is 1.14. The number of ketones is 1. The Balaban J connectivity index is 1.99. The van der Waals surface area contributed by atoms with E-state index in [0.717, 1.165) is 17.7 Å². The zero-order valence-corrected chi connectivity index (χ0v) is 19.0. The molecular weight excluding hydrogens is 422 g/mol. The predicted octanol–water partition coefficient (Wildman–Crippen LogP) is 4.76. The van der Waals surface area contributed by atoms with Crippen LogP contribution in [0.25, 0.3) is 10.2 Å². The Morgan fingerprint density at radius 2 is 1.73 bits per heavy atom. The number of methoxy groups -OCH3 is 1. The number of Topliss-reactive ketones (excluding diaryl/α,β-unsaturated/α-hetero) is 1. The van der Waals surface area contributed by atoms with Crippen molar-refractivity contribution in [1.82, 2.24) is 9.88 Å². The fourth-order valence-corrected chi connectivity index (χ4v) is 4.33. The minimum absolute atomic E-state index is 0.0373. The van der Waals surface area contributed by atoms with Gasteiger partial charge in [-0.15, -0.1) is 0 Å². The molecule has 0 saturated heterocycles. The van der Waals surface area contributed by atoms with Crippen molar-refractivity contribution in [3.63, 3.8) is 0 Å². The molecule has 8 heteroatoms. The van der Waals surface area contributed by atoms with Gasteiger partial charge in [0.05, 0.1) is 16.8 Å². The molecule has 0 unspecified atom stereocenters. The van der Waals surface area contributed by atoms with Crippen molar-refractivity contribution < 1.29 is 14.3 Å². The van der Waals surface area contributed by atoms with Gasteiger partial charge in [0.15, 0.2) is 10.9 Å². The molecule has 6 nitrogen and oxygen atoms in total. The van der Waals surface area contributed by atoms with Crippen molar-refractivity contribution in [2.24, 2.45) is 0 Å². The van der Waals surface area contributed by atoms with E-state index < -0.39 is 0 Å². The number of aromatic nitrogens is 1. The van der Waals surface area contributed by atoms with E-state index in [9.17, 15) is 9.59 Å². The maximum atomic E-state index is 13.3. The Hall–Kier alpha value is -2.48. The Bertz CT molecular complexity index is 1060. The number of ether oxygens (including phenoxy) is 1. The average Bonchev–Trinajstić information content (AvgIpc) is 3.17. The average molecular weight is 446 g/mol. The van der Waals surface area contributed by atoms with Crippen LogP contribution in [-0.4, -0.2) is 55.9 Å². The fourth-order valence-electron chi connectivity index (χ4n) is 3.05. The van der Waals surface area contributed by atoms with Gasteiger partial charge >= 0.3 is 0 Å². The second-order valence-electron chi connectivity index (χ2n) is 7.17. The van der Waals surface area contributed by atoms with Crippen molar-refractivity contribution >= 4 is 50.0 Å². The summed E-state index contributed by atoms with van der Waals surface area (Å²) in [5.74, 6) is 0.408. The van der Waals surface area contributed by atoms with Crippen LogP contribution in [0.15, 0.2) is 36.4 Å². The number of hydrogen-bond donors (Lipinski definition) is 0. The number of nitrogens with zero attached hydrogens (tertiary/aromatic N) is 3. The molecule has 0 aliphatic heterocycles. The summed E-state index contributed by atoms with van der Waals surface area (Å²) in [7, 11) is 5.57. The zero-order valence-electron chi connectivity index (χ0n) is 17.4. The van der Waals surface area contributed by atoms with Gasteiger partial charge in [-0.1, -0.05) is 35.1 Å². The minimum atomic E-state index is -0.169. The largest absolute Gasteiger partial charge is 0.494 e. The number of anilines is 1. The third kappa shape index (κ3) is 4.80. The summed E-state index contributed by atoms with van der Waals surface area (Å²) in [4.78, 5) is 33.3. The molecule has 1 aromatic heterocycles. The molecule has 0 N–H and O–H groups in total. The molecular formula is C22H24ClN3O3S. The summed E-state index contributed by atoms with van der Waals surface area (Å²) in [6, 6.07) is 10.2. The molecule has 2 aromatic carbocycles. The number of hydrogen-bond acceptors (Lipinski definition) is 6. The molecule has 0 fully saturated rings. The van der Waals surface area contributed by atoms with Crippen LogP contribution in [0.1, 0.15) is 34.1 Å². The Morgan fingerprint density at radius 1 is 1.07 bits per heavy atom. The van der Waals surface area contributed by atoms with E-state index in [1.165, 1.54) is 18.3 Å². The fraction of sp³-hybridized carbons (Fsp3) is 0.318. The Kier molecular flexibility index (Phi) is 7.07. The highest BCUT2D eigenvalue weighted by molar-refractivity contribution is 7.23. The van der Waals surface area contributed by atoms with Crippen molar-refractivity contribution in [2.45, 2.75) is 13.3 Å². The molecule has 1 amide bonds. The smallest absolute Gasteiger partial charge is 0.260 e. The molecule has 1 heterocycles. The third-order valence-corrected chi connectivity index (χ3v) is 6.21. The number of fused-ring (bicyclic) bond motifs is 1. The van der Waals surface area contributed by atoms with Crippen LogP contribution < -0.4 is 9.64 Å². The summed E-state index contributed by atoms with van der Waals surface area (Å²) < 4.78 is 6.19. The molecule has 3 rings (SSSR count). The van der Waals surface area contributed by atoms with Crippen LogP contribution in [0.3, 0.4) is 0 Å². The molecule has 30 heavy (non-hydrogen) atoms. The normalized spacial score (nSPS) is 11.1. The van der Waals surface area contributed by atoms with Crippen LogP contribution in [-0.2, 0) is 0 Å². The van der Waals surface area contributed by atoms with Gasteiger partial charge in [0.2, 0.25) is 0 Å². The summed E-state index contributed by atoms with van der Waals surface area (Å²) >= 11 is 7.73. The van der Waals surface area contributed by atoms with Crippen molar-refractivity contribution in [3.05, 3.63) is 52.5 Å². The molecule has 0 aliphatic rings. The number of benzene rings is 2. The first kappa shape index (κ1) is 22.2. The highest BCUT2D eigenvalue weighted by Crippen LogP contribution is 2.39. The number of carbonyl (C=O) groups is 2. The van der Waals surface area contributed by atoms with E-state index in [1.54, 1.807) is 48.4 Å². The van der Waals surface area contributed by atoms with Gasteiger partial charge in [-0.25, -0.2) is 4.98 Å². The lowest BCUT2D eigenvalue weighted by molar-refractivity contribution is 0.0981. The quantitative estimate of drug-likeness (QED) is 0.468. The first-order valence-corrected chi connectivity index (χ1v) is 10.7. The lowest BCUT2D eigenvalue weighted by atomic mass is 10.1. The van der Waals surface area contributed by atoms with E-state index >= 15 is 0 Å². The minimum Gasteiger partial charge on any atom is -0.494 e. The van der Waals surface area contributed by atoms with Crippen LogP contribution in [0.2, 0.25) is 5.02 Å². The van der Waals surface area contributed by atoms with Gasteiger partial charge in [-0.3, -0.25) is 14.5 Å². The van der Waals surface area contributed by atoms with Gasteiger partial charge < -0.3 is 9.64 Å². The van der Waals surface area contributed by atoms with Crippen LogP contribution in [0, 0.1) is 0 Å². The third-order valence-electron chi connectivity index (χ3n) is 4.67. The maximum absolute atomic E-state index is 13.3. The number of rotatable bonds is 8. The number of amides is 1. The second kappa shape index (κ2) is 9.55. The van der Waals surface area contributed by atoms with E-state index in [-0.39, 0.29) is 11.7 Å². The van der Waals surface area contributed by atoms with Gasteiger partial charge in [0, 0.05) is 17.7 Å². The molecule has 0 saturated carbocycles. The lowest BCUT2D eigenvalue weighted by Crippen LogP contribution is -2.33. The number of halogens is 1. The van der Waals surface area contributed by atoms with Gasteiger partial charge in [-0.05, 0) is 58.3 Å². The van der Waals surface area contributed by atoms with Gasteiger partial charge in [0.25, 0.3) is 5.91 Å². The molecule has 0 bridgehead atoms. The molecule has 3 aromatic rings. The highest BCUT2D eigenvalue weighted by Gasteiger charge is 2.23. The number of carbonyl (C=O) groups excluding carboxylic acids is 2. The first-order valence-electron chi connectivity index (χ1n) is 9.52. The highest BCUT2D eigenvalue weighted by atomic mass is 35.5. The monoisotopic (exact) mass is 445 g/mol. The van der Waals surface area contributed by atoms with Crippen molar-refractivity contribution in [3.8, 4) is 5.75 Å². The van der Waals surface area contributed by atoms with Crippen molar-refractivity contribution in [1.29, 1.82) is 0 Å². The lowest BCUT2D eigenvalue weighted by Gasteiger charge is -2.21. The molecule has 0 aliphatic carbocycles. The van der Waals surface area contributed by atoms with E-state index in [0.29, 0.717) is 39.1 Å². The molecule has 0 radical (unpaired) electrons. The van der Waals surface area contributed by atoms with Crippen LogP contribution in [0.4, 0.5) is 5.13 Å². The van der Waals surface area contributed by atoms with Crippen LogP contribution >= 0.6 is 22.9 Å². The SMILES string of the molecule is COc1ccc(Cl)c2sc(N(CCCN(C)C)C(=O)c3ccc(C(C)=O)cc3)nc12. The second-order valence-corrected chi connectivity index (χ2v) is 8.56. The molecule has 158 valence electrons.